The first-order valence-corrected chi connectivity index (χ1v) is 13.8. The lowest BCUT2D eigenvalue weighted by atomic mass is 9.33. The minimum absolute atomic E-state index is 0.0192. The Morgan fingerprint density at radius 3 is 2.16 bits per heavy atom. The van der Waals surface area contributed by atoms with Gasteiger partial charge in [0.15, 0.2) is 0 Å². The van der Waals surface area contributed by atoms with Gasteiger partial charge in [-0.05, 0) is 108 Å². The molecule has 0 aromatic heterocycles. The Morgan fingerprint density at radius 2 is 1.47 bits per heavy atom. The number of aliphatic hydroxyl groups excluding tert-OH is 2. The number of hydrogen-bond donors (Lipinski definition) is 2. The number of aliphatic hydroxyl groups is 2. The van der Waals surface area contributed by atoms with E-state index in [9.17, 15) is 10.2 Å². The van der Waals surface area contributed by atoms with Crippen molar-refractivity contribution in [3.8, 4) is 0 Å². The molecule has 0 bridgehead atoms. The van der Waals surface area contributed by atoms with Crippen LogP contribution in [-0.4, -0.2) is 22.4 Å². The maximum atomic E-state index is 11.7. The van der Waals surface area contributed by atoms with Crippen LogP contribution in [0.5, 0.6) is 0 Å². The zero-order chi connectivity index (χ0) is 23.5. The fraction of sp³-hybridized carbons (Fsp3) is 0.933. The van der Waals surface area contributed by atoms with Crippen LogP contribution in [0.1, 0.15) is 107 Å². The zero-order valence-electron chi connectivity index (χ0n) is 22.2. The first-order chi connectivity index (χ1) is 14.7. The first kappa shape index (κ1) is 23.4. The zero-order valence-corrected chi connectivity index (χ0v) is 22.2. The van der Waals surface area contributed by atoms with Gasteiger partial charge in [-0.1, -0.05) is 67.0 Å². The highest BCUT2D eigenvalue weighted by atomic mass is 16.3. The topological polar surface area (TPSA) is 40.5 Å². The van der Waals surface area contributed by atoms with Gasteiger partial charge >= 0.3 is 0 Å². The Morgan fingerprint density at radius 1 is 0.812 bits per heavy atom. The van der Waals surface area contributed by atoms with E-state index in [0.29, 0.717) is 23.7 Å². The summed E-state index contributed by atoms with van der Waals surface area (Å²) in [7, 11) is 0. The fourth-order valence-corrected chi connectivity index (χ4v) is 11.0. The summed E-state index contributed by atoms with van der Waals surface area (Å²) >= 11 is 0. The summed E-state index contributed by atoms with van der Waals surface area (Å²) in [6, 6.07) is 0. The number of allylic oxidation sites excluding steroid dienone is 2. The third kappa shape index (κ3) is 2.61. The molecule has 0 aromatic rings. The van der Waals surface area contributed by atoms with E-state index in [0.717, 1.165) is 31.6 Å². The van der Waals surface area contributed by atoms with E-state index in [4.69, 9.17) is 0 Å². The standard InChI is InChI=1S/C30H50O2/c1-18-11-14-28(6)24(32)17-30(8)21-9-10-22-26(3,4)23(31)13-15-27(22,5)20(21)12-16-29(30,7)25(28)19(18)2/h9,18-20,22-25,31-32H,10-17H2,1-8H3. The van der Waals surface area contributed by atoms with Gasteiger partial charge in [-0.2, -0.15) is 0 Å². The molecule has 2 N–H and O–H groups in total. The van der Waals surface area contributed by atoms with E-state index in [1.165, 1.54) is 25.7 Å². The molecule has 182 valence electrons. The molecular weight excluding hydrogens is 392 g/mol. The van der Waals surface area contributed by atoms with Crippen LogP contribution >= 0.6 is 0 Å². The number of hydrogen-bond acceptors (Lipinski definition) is 2. The van der Waals surface area contributed by atoms with Gasteiger partial charge < -0.3 is 10.2 Å². The highest BCUT2D eigenvalue weighted by Crippen LogP contribution is 2.75. The van der Waals surface area contributed by atoms with Gasteiger partial charge in [0.25, 0.3) is 0 Å². The van der Waals surface area contributed by atoms with E-state index in [1.807, 2.05) is 0 Å². The summed E-state index contributed by atoms with van der Waals surface area (Å²) in [5.41, 5.74) is 2.35. The van der Waals surface area contributed by atoms with Crippen LogP contribution < -0.4 is 0 Å². The molecule has 0 saturated heterocycles. The van der Waals surface area contributed by atoms with Gasteiger partial charge in [0.1, 0.15) is 0 Å². The highest BCUT2D eigenvalue weighted by molar-refractivity contribution is 5.34. The average molecular weight is 443 g/mol. The summed E-state index contributed by atoms with van der Waals surface area (Å²) in [6.45, 7) is 19.7. The van der Waals surface area contributed by atoms with Crippen molar-refractivity contribution in [1.29, 1.82) is 0 Å². The normalized spacial score (nSPS) is 59.2. The van der Waals surface area contributed by atoms with E-state index in [1.54, 1.807) is 5.57 Å². The van der Waals surface area contributed by atoms with Crippen molar-refractivity contribution in [2.24, 2.45) is 56.7 Å². The SMILES string of the molecule is CC1CCC2(C)C(O)CC3(C)C4=CCC5C(C)(C)C(O)CCC5(C)C4CCC3(C)C2C1C. The predicted octanol–water partition coefficient (Wildman–Crippen LogP) is 7.00. The summed E-state index contributed by atoms with van der Waals surface area (Å²) in [5, 5.41) is 22.6. The van der Waals surface area contributed by atoms with Crippen LogP contribution in [0, 0.1) is 56.7 Å². The molecule has 11 atom stereocenters. The highest BCUT2D eigenvalue weighted by Gasteiger charge is 2.69. The second kappa shape index (κ2) is 6.87. The molecular formula is C30H50O2. The summed E-state index contributed by atoms with van der Waals surface area (Å²) in [5.74, 6) is 3.16. The van der Waals surface area contributed by atoms with Crippen LogP contribution in [0.3, 0.4) is 0 Å². The Balaban J connectivity index is 1.61. The predicted molar refractivity (Wildman–Crippen MR) is 132 cm³/mol. The largest absolute Gasteiger partial charge is 0.393 e. The minimum atomic E-state index is -0.199. The first-order valence-electron chi connectivity index (χ1n) is 13.8. The average Bonchev–Trinajstić information content (AvgIpc) is 2.71. The van der Waals surface area contributed by atoms with Gasteiger partial charge in [-0.15, -0.1) is 0 Å². The molecule has 0 heterocycles. The lowest BCUT2D eigenvalue weighted by Gasteiger charge is -2.72. The van der Waals surface area contributed by atoms with Crippen molar-refractivity contribution < 1.29 is 10.2 Å². The van der Waals surface area contributed by atoms with Crippen molar-refractivity contribution in [2.45, 2.75) is 119 Å². The molecule has 2 heteroatoms. The molecule has 0 amide bonds. The Hall–Kier alpha value is -0.340. The lowest BCUT2D eigenvalue weighted by Crippen LogP contribution is -2.67. The maximum Gasteiger partial charge on any atom is 0.0605 e. The summed E-state index contributed by atoms with van der Waals surface area (Å²) in [4.78, 5) is 0. The summed E-state index contributed by atoms with van der Waals surface area (Å²) in [6.07, 6.45) is 11.4. The molecule has 32 heavy (non-hydrogen) atoms. The smallest absolute Gasteiger partial charge is 0.0605 e. The van der Waals surface area contributed by atoms with Gasteiger partial charge in [0, 0.05) is 0 Å². The maximum absolute atomic E-state index is 11.7. The third-order valence-corrected chi connectivity index (χ3v) is 13.4. The van der Waals surface area contributed by atoms with Crippen molar-refractivity contribution >= 4 is 0 Å². The van der Waals surface area contributed by atoms with E-state index < -0.39 is 0 Å². The Bertz CT molecular complexity index is 814. The Labute approximate surface area is 197 Å². The van der Waals surface area contributed by atoms with Gasteiger partial charge in [-0.25, -0.2) is 0 Å². The van der Waals surface area contributed by atoms with Crippen LogP contribution in [0.25, 0.3) is 0 Å². The van der Waals surface area contributed by atoms with Crippen LogP contribution in [-0.2, 0) is 0 Å². The quantitative estimate of drug-likeness (QED) is 0.397. The number of rotatable bonds is 0. The monoisotopic (exact) mass is 442 g/mol. The van der Waals surface area contributed by atoms with Gasteiger partial charge in [0.2, 0.25) is 0 Å². The van der Waals surface area contributed by atoms with Crippen molar-refractivity contribution in [3.05, 3.63) is 11.6 Å². The second-order valence-electron chi connectivity index (χ2n) is 14.7. The van der Waals surface area contributed by atoms with Gasteiger partial charge in [0.05, 0.1) is 12.2 Å². The summed E-state index contributed by atoms with van der Waals surface area (Å²) < 4.78 is 0. The van der Waals surface area contributed by atoms with Crippen LogP contribution in [0.15, 0.2) is 11.6 Å². The molecule has 5 aliphatic carbocycles. The van der Waals surface area contributed by atoms with E-state index in [-0.39, 0.29) is 39.3 Å². The molecule has 4 saturated carbocycles. The molecule has 0 radical (unpaired) electrons. The van der Waals surface area contributed by atoms with E-state index in [2.05, 4.69) is 61.5 Å². The van der Waals surface area contributed by atoms with Crippen LogP contribution in [0.4, 0.5) is 0 Å². The number of fused-ring (bicyclic) bond motifs is 7. The molecule has 0 spiro atoms. The van der Waals surface area contributed by atoms with Crippen molar-refractivity contribution in [1.82, 2.24) is 0 Å². The minimum Gasteiger partial charge on any atom is -0.393 e. The molecule has 4 fully saturated rings. The lowest BCUT2D eigenvalue weighted by molar-refractivity contribution is -0.226. The van der Waals surface area contributed by atoms with Crippen LogP contribution in [0.2, 0.25) is 0 Å². The molecule has 5 rings (SSSR count). The molecule has 0 aliphatic heterocycles. The van der Waals surface area contributed by atoms with E-state index >= 15 is 0 Å². The molecule has 2 nitrogen and oxygen atoms in total. The molecule has 11 unspecified atom stereocenters. The third-order valence-electron chi connectivity index (χ3n) is 13.4. The fourth-order valence-electron chi connectivity index (χ4n) is 11.0. The molecule has 5 aliphatic rings. The van der Waals surface area contributed by atoms with Crippen molar-refractivity contribution in [3.63, 3.8) is 0 Å². The second-order valence-corrected chi connectivity index (χ2v) is 14.7. The van der Waals surface area contributed by atoms with Gasteiger partial charge in [-0.3, -0.25) is 0 Å². The Kier molecular flexibility index (Phi) is 5.02. The molecule has 0 aromatic carbocycles. The van der Waals surface area contributed by atoms with Crippen molar-refractivity contribution in [2.75, 3.05) is 0 Å².